The van der Waals surface area contributed by atoms with Crippen LogP contribution in [0.25, 0.3) is 0 Å². The summed E-state index contributed by atoms with van der Waals surface area (Å²) in [5.41, 5.74) is 0. The van der Waals surface area contributed by atoms with Crippen LogP contribution in [0.4, 0.5) is 0 Å². The molecule has 0 radical (unpaired) electrons. The van der Waals surface area contributed by atoms with Gasteiger partial charge in [0.1, 0.15) is 26.0 Å². The third-order valence-electron chi connectivity index (χ3n) is 0.813. The SMILES string of the molecule is O=P(OC=C(Cl)Cl)(OC=C(Cl)Cl)SC=C(Cl)Cl. The number of hydrogen-bond acceptors (Lipinski definition) is 4. The van der Waals surface area contributed by atoms with Crippen LogP contribution in [0.5, 0.6) is 0 Å². The minimum Gasteiger partial charge on any atom is -0.414 e. The summed E-state index contributed by atoms with van der Waals surface area (Å²) in [5, 5.41) is 1.13. The number of rotatable bonds is 6. The second kappa shape index (κ2) is 9.11. The van der Waals surface area contributed by atoms with Gasteiger partial charge < -0.3 is 9.05 Å². The lowest BCUT2D eigenvalue weighted by Crippen LogP contribution is -1.81. The maximum absolute atomic E-state index is 12.0. The van der Waals surface area contributed by atoms with Gasteiger partial charge in [0, 0.05) is 16.8 Å². The average Bonchev–Trinajstić information content (AvgIpc) is 2.21. The minimum atomic E-state index is -3.70. The first-order valence-electron chi connectivity index (χ1n) is 3.44. The molecule has 0 bridgehead atoms. The van der Waals surface area contributed by atoms with E-state index in [0.717, 1.165) is 17.9 Å². The fourth-order valence-electron chi connectivity index (χ4n) is 0.388. The maximum atomic E-state index is 12.0. The second-order valence-corrected chi connectivity index (χ2v) is 8.75. The van der Waals surface area contributed by atoms with Crippen molar-refractivity contribution in [1.29, 1.82) is 0 Å². The average molecular weight is 399 g/mol. The Labute approximate surface area is 132 Å². The summed E-state index contributed by atoms with van der Waals surface area (Å²) < 4.78 is 20.8. The van der Waals surface area contributed by atoms with Gasteiger partial charge in [-0.2, -0.15) is 0 Å². The van der Waals surface area contributed by atoms with Crippen molar-refractivity contribution in [1.82, 2.24) is 0 Å². The standard InChI is InChI=1S/C6H3Cl6O3PS/c7-4(8)1-14-16(13,15-2-5(9)10)17-3-6(11)12/h1-3H. The zero-order valence-corrected chi connectivity index (χ0v) is 13.8. The molecule has 0 amide bonds. The molecule has 0 atom stereocenters. The fourth-order valence-corrected chi connectivity index (χ4v) is 3.54. The van der Waals surface area contributed by atoms with Crippen molar-refractivity contribution in [2.75, 3.05) is 0 Å². The molecule has 0 saturated heterocycles. The summed E-state index contributed by atoms with van der Waals surface area (Å²) in [5.74, 6) is 0. The highest BCUT2D eigenvalue weighted by atomic mass is 35.5. The zero-order chi connectivity index (χ0) is 13.5. The van der Waals surface area contributed by atoms with Gasteiger partial charge >= 0.3 is 6.80 Å². The van der Waals surface area contributed by atoms with E-state index in [1.54, 1.807) is 0 Å². The summed E-state index contributed by atoms with van der Waals surface area (Å²) in [6.45, 7) is -3.70. The maximum Gasteiger partial charge on any atom is 0.496 e. The number of halogens is 6. The van der Waals surface area contributed by atoms with Gasteiger partial charge in [-0.15, -0.1) is 0 Å². The Morgan fingerprint density at radius 1 is 0.882 bits per heavy atom. The van der Waals surface area contributed by atoms with Crippen molar-refractivity contribution in [3.63, 3.8) is 0 Å². The third kappa shape index (κ3) is 10.7. The smallest absolute Gasteiger partial charge is 0.414 e. The molecule has 0 aliphatic heterocycles. The molecule has 0 spiro atoms. The molecule has 11 heteroatoms. The van der Waals surface area contributed by atoms with Crippen LogP contribution in [-0.2, 0) is 13.6 Å². The highest BCUT2D eigenvalue weighted by Gasteiger charge is 2.26. The molecule has 0 fully saturated rings. The summed E-state index contributed by atoms with van der Waals surface area (Å²) in [4.78, 5) is 0. The van der Waals surface area contributed by atoms with E-state index in [-0.39, 0.29) is 13.5 Å². The van der Waals surface area contributed by atoms with E-state index in [4.69, 9.17) is 78.7 Å². The van der Waals surface area contributed by atoms with E-state index in [9.17, 15) is 4.57 Å². The van der Waals surface area contributed by atoms with Crippen molar-refractivity contribution in [2.45, 2.75) is 0 Å². The third-order valence-corrected chi connectivity index (χ3v) is 4.58. The molecule has 0 aliphatic rings. The van der Waals surface area contributed by atoms with Crippen LogP contribution in [0.2, 0.25) is 0 Å². The van der Waals surface area contributed by atoms with Gasteiger partial charge in [-0.05, 0) is 0 Å². The molecule has 17 heavy (non-hydrogen) atoms. The van der Waals surface area contributed by atoms with E-state index >= 15 is 0 Å². The van der Waals surface area contributed by atoms with Gasteiger partial charge in [0.15, 0.2) is 0 Å². The molecule has 0 aromatic carbocycles. The normalized spacial score (nSPS) is 10.2. The van der Waals surface area contributed by atoms with Crippen LogP contribution in [-0.4, -0.2) is 0 Å². The Kier molecular flexibility index (Phi) is 9.72. The second-order valence-electron chi connectivity index (χ2n) is 1.99. The number of hydrogen-bond donors (Lipinski definition) is 0. The first-order chi connectivity index (χ1) is 7.75. The zero-order valence-electron chi connectivity index (χ0n) is 7.58. The molecule has 0 unspecified atom stereocenters. The monoisotopic (exact) mass is 396 g/mol. The highest BCUT2D eigenvalue weighted by Crippen LogP contribution is 2.62. The summed E-state index contributed by atoms with van der Waals surface area (Å²) in [6.07, 6.45) is 1.64. The summed E-state index contributed by atoms with van der Waals surface area (Å²) in [6, 6.07) is 0. The molecular weight excluding hydrogens is 396 g/mol. The Hall–Kier alpha value is 1.14. The van der Waals surface area contributed by atoms with Crippen LogP contribution in [0.3, 0.4) is 0 Å². The van der Waals surface area contributed by atoms with Crippen LogP contribution >= 0.6 is 87.8 Å². The molecular formula is C6H3Cl6O3PS. The van der Waals surface area contributed by atoms with Gasteiger partial charge in [0.2, 0.25) is 0 Å². The molecule has 3 nitrogen and oxygen atoms in total. The Balaban J connectivity index is 4.81. The van der Waals surface area contributed by atoms with E-state index in [2.05, 4.69) is 0 Å². The van der Waals surface area contributed by atoms with E-state index in [0.29, 0.717) is 11.4 Å². The predicted molar refractivity (Wildman–Crippen MR) is 76.7 cm³/mol. The van der Waals surface area contributed by atoms with E-state index < -0.39 is 6.80 Å². The first-order valence-corrected chi connectivity index (χ1v) is 8.73. The lowest BCUT2D eigenvalue weighted by molar-refractivity contribution is 0.348. The molecule has 0 aromatic rings. The van der Waals surface area contributed by atoms with Crippen molar-refractivity contribution in [3.05, 3.63) is 31.4 Å². The molecule has 98 valence electrons. The van der Waals surface area contributed by atoms with Gasteiger partial charge in [-0.3, -0.25) is 0 Å². The van der Waals surface area contributed by atoms with Gasteiger partial charge in [-0.25, -0.2) is 4.57 Å². The lowest BCUT2D eigenvalue weighted by atomic mass is 11.2. The van der Waals surface area contributed by atoms with Crippen molar-refractivity contribution in [3.8, 4) is 0 Å². The highest BCUT2D eigenvalue weighted by molar-refractivity contribution is 8.56. The molecule has 0 heterocycles. The fraction of sp³-hybridized carbons (Fsp3) is 0. The van der Waals surface area contributed by atoms with Crippen molar-refractivity contribution >= 4 is 87.8 Å². The molecule has 0 aliphatic carbocycles. The molecule has 0 N–H and O–H groups in total. The Morgan fingerprint density at radius 2 is 1.29 bits per heavy atom. The quantitative estimate of drug-likeness (QED) is 0.369. The van der Waals surface area contributed by atoms with Crippen molar-refractivity contribution < 1.29 is 13.6 Å². The molecule has 0 rings (SSSR count). The van der Waals surface area contributed by atoms with Crippen LogP contribution in [0, 0.1) is 0 Å². The van der Waals surface area contributed by atoms with E-state index in [1.807, 2.05) is 0 Å². The van der Waals surface area contributed by atoms with Gasteiger partial charge in [0.25, 0.3) is 0 Å². The van der Waals surface area contributed by atoms with Gasteiger partial charge in [-0.1, -0.05) is 69.6 Å². The topological polar surface area (TPSA) is 35.5 Å². The first kappa shape index (κ1) is 18.1. The molecule has 0 saturated carbocycles. The molecule has 0 aromatic heterocycles. The predicted octanol–water partition coefficient (Wildman–Crippen LogP) is 6.69. The largest absolute Gasteiger partial charge is 0.496 e. The van der Waals surface area contributed by atoms with Gasteiger partial charge in [0.05, 0.1) is 0 Å². The Morgan fingerprint density at radius 3 is 1.59 bits per heavy atom. The Bertz CT molecular complexity index is 326. The summed E-state index contributed by atoms with van der Waals surface area (Å²) in [7, 11) is 0. The van der Waals surface area contributed by atoms with Crippen LogP contribution in [0.15, 0.2) is 31.4 Å². The minimum absolute atomic E-state index is 0.135. The van der Waals surface area contributed by atoms with Crippen molar-refractivity contribution in [2.24, 2.45) is 0 Å². The van der Waals surface area contributed by atoms with E-state index in [1.165, 1.54) is 0 Å². The van der Waals surface area contributed by atoms with Crippen LogP contribution < -0.4 is 0 Å². The lowest BCUT2D eigenvalue weighted by Gasteiger charge is -2.12. The summed E-state index contributed by atoms with van der Waals surface area (Å²) >= 11 is 32.4. The van der Waals surface area contributed by atoms with Crippen LogP contribution in [0.1, 0.15) is 0 Å².